The normalized spacial score (nSPS) is 14.6. The average Bonchev–Trinajstić information content (AvgIpc) is 2.92. The molecule has 0 aliphatic carbocycles. The minimum absolute atomic E-state index is 0.0770. The van der Waals surface area contributed by atoms with E-state index < -0.39 is 21.7 Å². The molecule has 3 aromatic carbocycles. The zero-order valence-electron chi connectivity index (χ0n) is 21.4. The summed E-state index contributed by atoms with van der Waals surface area (Å²) < 4.78 is 38.2. The molecule has 2 N–H and O–H groups in total. The lowest BCUT2D eigenvalue weighted by atomic mass is 10.0. The molecule has 1 aliphatic rings. The van der Waals surface area contributed by atoms with E-state index >= 15 is 0 Å². The second-order valence-corrected chi connectivity index (χ2v) is 11.1. The number of halogens is 1. The van der Waals surface area contributed by atoms with Gasteiger partial charge in [-0.2, -0.15) is 0 Å². The minimum atomic E-state index is -3.64. The van der Waals surface area contributed by atoms with E-state index in [9.17, 15) is 22.4 Å². The summed E-state index contributed by atoms with van der Waals surface area (Å²) in [5, 5.41) is 6.07. The summed E-state index contributed by atoms with van der Waals surface area (Å²) in [6, 6.07) is 18.9. The van der Waals surface area contributed by atoms with Crippen LogP contribution >= 0.6 is 0 Å². The zero-order valence-corrected chi connectivity index (χ0v) is 22.2. The second-order valence-electron chi connectivity index (χ2n) is 9.12. The van der Waals surface area contributed by atoms with Gasteiger partial charge in [0, 0.05) is 50.2 Å². The van der Waals surface area contributed by atoms with E-state index in [0.717, 1.165) is 24.6 Å². The lowest BCUT2D eigenvalue weighted by Crippen LogP contribution is -2.52. The number of carbonyl (C=O) groups excluding carboxylic acids is 2. The summed E-state index contributed by atoms with van der Waals surface area (Å²) in [7, 11) is -3.64. The van der Waals surface area contributed by atoms with Gasteiger partial charge >= 0.3 is 0 Å². The van der Waals surface area contributed by atoms with Gasteiger partial charge in [-0.15, -0.1) is 0 Å². The number of sulfone groups is 1. The highest BCUT2D eigenvalue weighted by atomic mass is 32.2. The molecule has 0 saturated carbocycles. The van der Waals surface area contributed by atoms with Crippen molar-refractivity contribution in [3.8, 4) is 0 Å². The molecule has 1 heterocycles. The number of piperazine rings is 1. The van der Waals surface area contributed by atoms with Crippen molar-refractivity contribution in [2.45, 2.75) is 17.9 Å². The molecule has 1 aliphatic heterocycles. The lowest BCUT2D eigenvalue weighted by molar-refractivity contribution is -0.133. The molecule has 1 fully saturated rings. The predicted octanol–water partition coefficient (Wildman–Crippen LogP) is 3.48. The van der Waals surface area contributed by atoms with E-state index in [1.165, 1.54) is 12.1 Å². The summed E-state index contributed by atoms with van der Waals surface area (Å²) >= 11 is 0. The fourth-order valence-electron chi connectivity index (χ4n) is 4.49. The molecule has 0 bridgehead atoms. The minimum Gasteiger partial charge on any atom is -0.385 e. The summed E-state index contributed by atoms with van der Waals surface area (Å²) in [6.07, 6.45) is 1.05. The fraction of sp³-hybridized carbons (Fsp3) is 0.286. The summed E-state index contributed by atoms with van der Waals surface area (Å²) in [6.45, 7) is 4.11. The topological polar surface area (TPSA) is 98.8 Å². The van der Waals surface area contributed by atoms with Crippen molar-refractivity contribution in [1.29, 1.82) is 0 Å². The van der Waals surface area contributed by atoms with Crippen LogP contribution < -0.4 is 15.5 Å². The van der Waals surface area contributed by atoms with Gasteiger partial charge in [0.25, 0.3) is 5.91 Å². The SMILES string of the molecule is CCNc1ccc(C(=O)N[C@@H](C(=O)N2CCN(c3ccc(F)cc3S(C)(=O)=O)CC2)c2ccccc2)cc1. The van der Waals surface area contributed by atoms with Crippen LogP contribution in [0.4, 0.5) is 15.8 Å². The average molecular weight is 539 g/mol. The highest BCUT2D eigenvalue weighted by Crippen LogP contribution is 2.28. The summed E-state index contributed by atoms with van der Waals surface area (Å²) in [5.74, 6) is -1.24. The highest BCUT2D eigenvalue weighted by Gasteiger charge is 2.31. The van der Waals surface area contributed by atoms with Crippen molar-refractivity contribution in [1.82, 2.24) is 10.2 Å². The van der Waals surface area contributed by atoms with Crippen LogP contribution in [0.15, 0.2) is 77.7 Å². The third-order valence-electron chi connectivity index (χ3n) is 6.44. The number of nitrogens with one attached hydrogen (secondary N) is 2. The van der Waals surface area contributed by atoms with Crippen LogP contribution in [0, 0.1) is 5.82 Å². The fourth-order valence-corrected chi connectivity index (χ4v) is 5.39. The van der Waals surface area contributed by atoms with E-state index in [-0.39, 0.29) is 16.7 Å². The van der Waals surface area contributed by atoms with E-state index in [1.807, 2.05) is 42.2 Å². The summed E-state index contributed by atoms with van der Waals surface area (Å²) in [5.41, 5.74) is 2.41. The Labute approximate surface area is 222 Å². The van der Waals surface area contributed by atoms with E-state index in [0.29, 0.717) is 43.0 Å². The van der Waals surface area contributed by atoms with Gasteiger partial charge in [-0.1, -0.05) is 30.3 Å². The van der Waals surface area contributed by atoms with Crippen LogP contribution in [0.3, 0.4) is 0 Å². The molecule has 8 nitrogen and oxygen atoms in total. The van der Waals surface area contributed by atoms with Crippen molar-refractivity contribution in [3.05, 3.63) is 89.7 Å². The molecule has 1 saturated heterocycles. The van der Waals surface area contributed by atoms with Gasteiger partial charge in [-0.25, -0.2) is 12.8 Å². The first-order chi connectivity index (χ1) is 18.2. The maximum absolute atomic E-state index is 13.8. The number of rotatable bonds is 8. The van der Waals surface area contributed by atoms with Crippen molar-refractivity contribution in [3.63, 3.8) is 0 Å². The molecule has 0 radical (unpaired) electrons. The molecule has 10 heteroatoms. The molecule has 4 rings (SSSR count). The number of anilines is 2. The molecule has 1 atom stereocenters. The number of benzene rings is 3. The van der Waals surface area contributed by atoms with Gasteiger partial charge < -0.3 is 20.4 Å². The third-order valence-corrected chi connectivity index (χ3v) is 7.56. The smallest absolute Gasteiger partial charge is 0.252 e. The molecule has 38 heavy (non-hydrogen) atoms. The van der Waals surface area contributed by atoms with Crippen molar-refractivity contribution < 1.29 is 22.4 Å². The van der Waals surface area contributed by atoms with Gasteiger partial charge in [0.1, 0.15) is 11.9 Å². The van der Waals surface area contributed by atoms with E-state index in [1.54, 1.807) is 29.2 Å². The van der Waals surface area contributed by atoms with Gasteiger partial charge in [-0.05, 0) is 55.0 Å². The Bertz CT molecular complexity index is 1390. The quantitative estimate of drug-likeness (QED) is 0.456. The monoisotopic (exact) mass is 538 g/mol. The lowest BCUT2D eigenvalue weighted by Gasteiger charge is -2.38. The molecular formula is C28H31FN4O4S. The number of carbonyl (C=O) groups is 2. The van der Waals surface area contributed by atoms with Crippen LogP contribution in [0.25, 0.3) is 0 Å². The molecule has 0 spiro atoms. The van der Waals surface area contributed by atoms with E-state index in [2.05, 4.69) is 10.6 Å². The Hall–Kier alpha value is -3.92. The van der Waals surface area contributed by atoms with Gasteiger partial charge in [0.05, 0.1) is 10.6 Å². The highest BCUT2D eigenvalue weighted by molar-refractivity contribution is 7.90. The van der Waals surface area contributed by atoms with Gasteiger partial charge in [0.15, 0.2) is 9.84 Å². The molecular weight excluding hydrogens is 507 g/mol. The maximum atomic E-state index is 13.8. The van der Waals surface area contributed by atoms with Crippen LogP contribution in [0.1, 0.15) is 28.9 Å². The second kappa shape index (κ2) is 11.6. The van der Waals surface area contributed by atoms with Gasteiger partial charge in [0.2, 0.25) is 5.91 Å². The zero-order chi connectivity index (χ0) is 27.3. The van der Waals surface area contributed by atoms with Gasteiger partial charge in [-0.3, -0.25) is 9.59 Å². The van der Waals surface area contributed by atoms with Crippen LogP contribution in [-0.4, -0.2) is 64.1 Å². The van der Waals surface area contributed by atoms with Crippen LogP contribution in [0.2, 0.25) is 0 Å². The Morgan fingerprint density at radius 3 is 2.21 bits per heavy atom. The Morgan fingerprint density at radius 1 is 0.947 bits per heavy atom. The third kappa shape index (κ3) is 6.31. The number of hydrogen-bond acceptors (Lipinski definition) is 6. The summed E-state index contributed by atoms with van der Waals surface area (Å²) in [4.78, 5) is 30.2. The van der Waals surface area contributed by atoms with E-state index in [4.69, 9.17) is 0 Å². The first-order valence-electron chi connectivity index (χ1n) is 12.4. The molecule has 0 unspecified atom stereocenters. The number of nitrogens with zero attached hydrogens (tertiary/aromatic N) is 2. The standard InChI is InChI=1S/C28H31FN4O4S/c1-3-30-23-12-9-21(10-13-23)27(34)31-26(20-7-5-4-6-8-20)28(35)33-17-15-32(16-18-33)24-14-11-22(29)19-25(24)38(2,36)37/h4-14,19,26,30H,3,15-18H2,1-2H3,(H,31,34)/t26-/m1/s1. The van der Waals surface area contributed by atoms with Crippen molar-refractivity contribution >= 4 is 33.0 Å². The van der Waals surface area contributed by atoms with Crippen molar-refractivity contribution in [2.24, 2.45) is 0 Å². The largest absolute Gasteiger partial charge is 0.385 e. The number of amides is 2. The molecule has 0 aromatic heterocycles. The molecule has 3 aromatic rings. The van der Waals surface area contributed by atoms with Crippen molar-refractivity contribution in [2.75, 3.05) is 49.2 Å². The number of hydrogen-bond donors (Lipinski definition) is 2. The predicted molar refractivity (Wildman–Crippen MR) is 146 cm³/mol. The molecule has 2 amide bonds. The Balaban J connectivity index is 1.50. The van der Waals surface area contributed by atoms with Crippen LogP contribution in [0.5, 0.6) is 0 Å². The maximum Gasteiger partial charge on any atom is 0.252 e. The first-order valence-corrected chi connectivity index (χ1v) is 14.3. The Kier molecular flexibility index (Phi) is 8.31. The first kappa shape index (κ1) is 27.1. The molecule has 200 valence electrons. The Morgan fingerprint density at radius 2 is 1.61 bits per heavy atom. The van der Waals surface area contributed by atoms with Crippen LogP contribution in [-0.2, 0) is 14.6 Å².